The number of anilines is 2. The van der Waals surface area contributed by atoms with Gasteiger partial charge in [-0.2, -0.15) is 12.7 Å². The molecule has 0 spiro atoms. The molecule has 1 atom stereocenters. The molecule has 0 aromatic heterocycles. The highest BCUT2D eigenvalue weighted by Gasteiger charge is 2.28. The molecule has 0 radical (unpaired) electrons. The molecule has 1 aliphatic rings. The molecule has 1 heterocycles. The summed E-state index contributed by atoms with van der Waals surface area (Å²) in [6.07, 6.45) is 1.79. The van der Waals surface area contributed by atoms with Gasteiger partial charge in [0.1, 0.15) is 0 Å². The minimum Gasteiger partial charge on any atom is -0.478 e. The van der Waals surface area contributed by atoms with Crippen LogP contribution >= 0.6 is 0 Å². The lowest BCUT2D eigenvalue weighted by atomic mass is 10.0. The van der Waals surface area contributed by atoms with E-state index in [-0.39, 0.29) is 17.2 Å². The molecule has 0 saturated carbocycles. The average molecular weight is 313 g/mol. The summed E-state index contributed by atoms with van der Waals surface area (Å²) in [7, 11) is -3.78. The zero-order valence-corrected chi connectivity index (χ0v) is 12.6. The van der Waals surface area contributed by atoms with Gasteiger partial charge < -0.3 is 10.8 Å². The lowest BCUT2D eigenvalue weighted by Gasteiger charge is -2.30. The number of hydrogen-bond acceptors (Lipinski definition) is 4. The molecule has 2 rings (SSSR count). The quantitative estimate of drug-likeness (QED) is 0.726. The van der Waals surface area contributed by atoms with E-state index in [1.54, 1.807) is 0 Å². The van der Waals surface area contributed by atoms with Gasteiger partial charge in [0.2, 0.25) is 0 Å². The summed E-state index contributed by atoms with van der Waals surface area (Å²) < 4.78 is 28.4. The summed E-state index contributed by atoms with van der Waals surface area (Å²) in [6.45, 7) is 2.86. The Labute approximate surface area is 123 Å². The third-order valence-corrected chi connectivity index (χ3v) is 4.96. The van der Waals surface area contributed by atoms with Crippen LogP contribution in [0.15, 0.2) is 18.2 Å². The van der Waals surface area contributed by atoms with Crippen molar-refractivity contribution in [1.29, 1.82) is 0 Å². The van der Waals surface area contributed by atoms with Gasteiger partial charge in [0.05, 0.1) is 11.3 Å². The Hall–Kier alpha value is -1.80. The fourth-order valence-electron chi connectivity index (χ4n) is 2.40. The summed E-state index contributed by atoms with van der Waals surface area (Å²) >= 11 is 0. The monoisotopic (exact) mass is 313 g/mol. The van der Waals surface area contributed by atoms with Gasteiger partial charge in [-0.05, 0) is 37.0 Å². The maximum Gasteiger partial charge on any atom is 0.337 e. The molecule has 1 unspecified atom stereocenters. The van der Waals surface area contributed by atoms with E-state index in [1.165, 1.54) is 22.5 Å². The molecule has 1 fully saturated rings. The normalized spacial score (nSPS) is 20.1. The number of nitrogen functional groups attached to an aromatic ring is 1. The second kappa shape index (κ2) is 5.90. The van der Waals surface area contributed by atoms with Crippen LogP contribution in [0.4, 0.5) is 11.4 Å². The van der Waals surface area contributed by atoms with Gasteiger partial charge >= 0.3 is 16.2 Å². The Bertz CT molecular complexity index is 645. The topological polar surface area (TPSA) is 113 Å². The van der Waals surface area contributed by atoms with Gasteiger partial charge in [0.15, 0.2) is 0 Å². The van der Waals surface area contributed by atoms with Gasteiger partial charge in [-0.1, -0.05) is 6.92 Å². The van der Waals surface area contributed by atoms with E-state index < -0.39 is 16.2 Å². The average Bonchev–Trinajstić information content (AvgIpc) is 2.38. The fraction of sp³-hybridized carbons (Fsp3) is 0.462. The van der Waals surface area contributed by atoms with Crippen molar-refractivity contribution < 1.29 is 18.3 Å². The maximum absolute atomic E-state index is 12.4. The second-order valence-electron chi connectivity index (χ2n) is 5.32. The number of rotatable bonds is 4. The molecule has 7 nitrogen and oxygen atoms in total. The van der Waals surface area contributed by atoms with Crippen molar-refractivity contribution in [2.75, 3.05) is 23.5 Å². The number of piperidine rings is 1. The van der Waals surface area contributed by atoms with Gasteiger partial charge in [-0.25, -0.2) is 4.79 Å². The molecular weight excluding hydrogens is 294 g/mol. The second-order valence-corrected chi connectivity index (χ2v) is 6.99. The van der Waals surface area contributed by atoms with Crippen LogP contribution < -0.4 is 10.5 Å². The van der Waals surface area contributed by atoms with Crippen LogP contribution in [0.1, 0.15) is 30.1 Å². The fourth-order valence-corrected chi connectivity index (χ4v) is 3.80. The lowest BCUT2D eigenvalue weighted by molar-refractivity contribution is 0.0698. The largest absolute Gasteiger partial charge is 0.478 e. The van der Waals surface area contributed by atoms with Crippen LogP contribution in [0.5, 0.6) is 0 Å². The van der Waals surface area contributed by atoms with Crippen molar-refractivity contribution in [2.24, 2.45) is 5.92 Å². The SMILES string of the molecule is CC1CCCN(S(=O)(=O)Nc2cc(N)ccc2C(=O)O)C1. The first-order chi connectivity index (χ1) is 9.79. The van der Waals surface area contributed by atoms with Crippen molar-refractivity contribution in [3.05, 3.63) is 23.8 Å². The summed E-state index contributed by atoms with van der Waals surface area (Å²) in [5, 5.41) is 9.12. The van der Waals surface area contributed by atoms with E-state index in [0.29, 0.717) is 18.8 Å². The minimum absolute atomic E-state index is 0.0132. The van der Waals surface area contributed by atoms with E-state index in [2.05, 4.69) is 4.72 Å². The molecule has 116 valence electrons. The minimum atomic E-state index is -3.78. The molecular formula is C13H19N3O4S. The first-order valence-electron chi connectivity index (χ1n) is 6.70. The smallest absolute Gasteiger partial charge is 0.337 e. The van der Waals surface area contributed by atoms with Crippen LogP contribution in [0, 0.1) is 5.92 Å². The summed E-state index contributed by atoms with van der Waals surface area (Å²) in [5.41, 5.74) is 5.76. The highest BCUT2D eigenvalue weighted by atomic mass is 32.2. The van der Waals surface area contributed by atoms with Crippen LogP contribution in [-0.4, -0.2) is 36.9 Å². The number of nitrogens with one attached hydrogen (secondary N) is 1. The van der Waals surface area contributed by atoms with Crippen molar-refractivity contribution in [1.82, 2.24) is 4.31 Å². The lowest BCUT2D eigenvalue weighted by Crippen LogP contribution is -2.42. The number of hydrogen-bond donors (Lipinski definition) is 3. The number of carboxylic acids is 1. The van der Waals surface area contributed by atoms with Crippen LogP contribution in [0.3, 0.4) is 0 Å². The molecule has 1 aromatic carbocycles. The van der Waals surface area contributed by atoms with Crippen molar-refractivity contribution in [2.45, 2.75) is 19.8 Å². The molecule has 1 aromatic rings. The molecule has 0 amide bonds. The van der Waals surface area contributed by atoms with Crippen LogP contribution in [0.25, 0.3) is 0 Å². The molecule has 1 aliphatic heterocycles. The molecule has 4 N–H and O–H groups in total. The number of carboxylic acid groups (broad SMARTS) is 1. The molecule has 0 aliphatic carbocycles. The Morgan fingerprint density at radius 1 is 1.48 bits per heavy atom. The van der Waals surface area contributed by atoms with Crippen molar-refractivity contribution in [3.63, 3.8) is 0 Å². The van der Waals surface area contributed by atoms with E-state index in [1.807, 2.05) is 6.92 Å². The maximum atomic E-state index is 12.4. The van der Waals surface area contributed by atoms with Crippen LogP contribution in [0.2, 0.25) is 0 Å². The highest BCUT2D eigenvalue weighted by molar-refractivity contribution is 7.90. The predicted octanol–water partition coefficient (Wildman–Crippen LogP) is 1.36. The van der Waals surface area contributed by atoms with Gasteiger partial charge in [0, 0.05) is 18.8 Å². The van der Waals surface area contributed by atoms with E-state index in [4.69, 9.17) is 10.8 Å². The number of nitrogens with zero attached hydrogens (tertiary/aromatic N) is 1. The predicted molar refractivity (Wildman–Crippen MR) is 80.3 cm³/mol. The van der Waals surface area contributed by atoms with Crippen molar-refractivity contribution >= 4 is 27.6 Å². The summed E-state index contributed by atoms with van der Waals surface area (Å²) in [4.78, 5) is 11.2. The Kier molecular flexibility index (Phi) is 4.38. The number of carbonyl (C=O) groups is 1. The Morgan fingerprint density at radius 2 is 2.19 bits per heavy atom. The number of benzene rings is 1. The standard InChI is InChI=1S/C13H19N3O4S/c1-9-3-2-6-16(8-9)21(19,20)15-12-7-10(14)4-5-11(12)13(17)18/h4-5,7,9,15H,2-3,6,8,14H2,1H3,(H,17,18). The van der Waals surface area contributed by atoms with Crippen LogP contribution in [-0.2, 0) is 10.2 Å². The third-order valence-electron chi connectivity index (χ3n) is 3.47. The van der Waals surface area contributed by atoms with E-state index in [0.717, 1.165) is 12.8 Å². The van der Waals surface area contributed by atoms with Gasteiger partial charge in [0.25, 0.3) is 0 Å². The zero-order chi connectivity index (χ0) is 15.6. The van der Waals surface area contributed by atoms with Gasteiger partial charge in [-0.15, -0.1) is 0 Å². The Morgan fingerprint density at radius 3 is 2.81 bits per heavy atom. The zero-order valence-electron chi connectivity index (χ0n) is 11.7. The van der Waals surface area contributed by atoms with Gasteiger partial charge in [-0.3, -0.25) is 4.72 Å². The molecule has 8 heteroatoms. The summed E-state index contributed by atoms with van der Waals surface area (Å²) in [6, 6.07) is 4.02. The van der Waals surface area contributed by atoms with E-state index in [9.17, 15) is 13.2 Å². The molecule has 0 bridgehead atoms. The number of aromatic carboxylic acids is 1. The highest BCUT2D eigenvalue weighted by Crippen LogP contribution is 2.24. The molecule has 21 heavy (non-hydrogen) atoms. The van der Waals surface area contributed by atoms with E-state index >= 15 is 0 Å². The number of nitrogens with two attached hydrogens (primary N) is 1. The third kappa shape index (κ3) is 3.64. The van der Waals surface area contributed by atoms with Crippen molar-refractivity contribution in [3.8, 4) is 0 Å². The Balaban J connectivity index is 2.28. The molecule has 1 saturated heterocycles. The first-order valence-corrected chi connectivity index (χ1v) is 8.14. The summed E-state index contributed by atoms with van der Waals surface area (Å²) in [5.74, 6) is -0.921. The first kappa shape index (κ1) is 15.6.